The predicted molar refractivity (Wildman–Crippen MR) is 14.5 cm³/mol. The van der Waals surface area contributed by atoms with Gasteiger partial charge >= 0.3 is 0 Å². The Morgan fingerprint density at radius 2 is 0.750 bits per heavy atom. The molecule has 0 heterocycles. The molecule has 0 radical (unpaired) electrons. The molecule has 0 aromatic rings. The van der Waals surface area contributed by atoms with Gasteiger partial charge in [-0.3, -0.25) is 0 Å². The smallest absolute Gasteiger partial charge is 0 e. The quantitative estimate of drug-likeness (QED) is 0.430. The molecular formula is H5ClO2Zr. The normalized spacial score (nSPS) is 0. The molecule has 0 aliphatic rings. The molecule has 0 atom stereocenters. The van der Waals surface area contributed by atoms with Gasteiger partial charge in [0.15, 0.2) is 0 Å². The maximum Gasteiger partial charge on any atom is 0 e. The maximum atomic E-state index is 0. The van der Waals surface area contributed by atoms with Gasteiger partial charge < -0.3 is 11.0 Å². The van der Waals surface area contributed by atoms with Crippen LogP contribution in [-0.2, 0) is 26.2 Å². The van der Waals surface area contributed by atoms with Crippen LogP contribution in [0.15, 0.2) is 0 Å². The summed E-state index contributed by atoms with van der Waals surface area (Å²) >= 11 is 0. The molecule has 4 heteroatoms. The minimum absolute atomic E-state index is 0. The van der Waals surface area contributed by atoms with E-state index in [0.717, 1.165) is 0 Å². The van der Waals surface area contributed by atoms with E-state index >= 15 is 0 Å². The molecule has 0 unspecified atom stereocenters. The van der Waals surface area contributed by atoms with E-state index in [1.54, 1.807) is 0 Å². The van der Waals surface area contributed by atoms with Crippen molar-refractivity contribution in [3.05, 3.63) is 0 Å². The van der Waals surface area contributed by atoms with Crippen molar-refractivity contribution in [3.63, 3.8) is 0 Å². The molecule has 0 aromatic carbocycles. The zero-order chi connectivity index (χ0) is 0. The van der Waals surface area contributed by atoms with Crippen molar-refractivity contribution in [1.82, 2.24) is 0 Å². The van der Waals surface area contributed by atoms with E-state index < -0.39 is 0 Å². The second kappa shape index (κ2) is 32.8. The number of hydrogen-bond acceptors (Lipinski definition) is 0. The minimum Gasteiger partial charge on any atom is -0.412 e. The SMILES string of the molecule is Cl.O.O.[Zr]. The fourth-order valence-electron chi connectivity index (χ4n) is 0. The van der Waals surface area contributed by atoms with Crippen molar-refractivity contribution in [2.75, 3.05) is 0 Å². The van der Waals surface area contributed by atoms with Crippen LogP contribution in [0, 0.1) is 0 Å². The molecule has 0 fully saturated rings. The summed E-state index contributed by atoms with van der Waals surface area (Å²) in [6.07, 6.45) is 0. The van der Waals surface area contributed by atoms with Crippen LogP contribution in [0.25, 0.3) is 0 Å². The number of rotatable bonds is 0. The summed E-state index contributed by atoms with van der Waals surface area (Å²) in [6.45, 7) is 0. The maximum absolute atomic E-state index is 0. The summed E-state index contributed by atoms with van der Waals surface area (Å²) in [5.74, 6) is 0. The number of halogens is 1. The molecule has 28 valence electrons. The van der Waals surface area contributed by atoms with Gasteiger partial charge in [-0.25, -0.2) is 0 Å². The third-order valence-electron chi connectivity index (χ3n) is 0. The molecule has 0 bridgehead atoms. The van der Waals surface area contributed by atoms with Crippen molar-refractivity contribution in [2.45, 2.75) is 0 Å². The van der Waals surface area contributed by atoms with Gasteiger partial charge in [0, 0.05) is 26.2 Å². The molecule has 0 rings (SSSR count). The average Bonchev–Trinajstić information content (AvgIpc) is 0. The molecule has 2 nitrogen and oxygen atoms in total. The van der Waals surface area contributed by atoms with Crippen LogP contribution in [0.1, 0.15) is 0 Å². The first-order chi connectivity index (χ1) is 0. The Kier molecular flexibility index (Phi) is 585. The molecule has 0 aromatic heterocycles. The summed E-state index contributed by atoms with van der Waals surface area (Å²) in [7, 11) is 0. The average molecular weight is 164 g/mol. The van der Waals surface area contributed by atoms with E-state index in [1.807, 2.05) is 0 Å². The molecular weight excluding hydrogens is 159 g/mol. The first kappa shape index (κ1) is 71.4. The van der Waals surface area contributed by atoms with Crippen molar-refractivity contribution in [2.24, 2.45) is 0 Å². The van der Waals surface area contributed by atoms with Gasteiger partial charge in [-0.15, -0.1) is 12.4 Å². The van der Waals surface area contributed by atoms with Crippen LogP contribution in [0.5, 0.6) is 0 Å². The van der Waals surface area contributed by atoms with E-state index in [1.165, 1.54) is 0 Å². The van der Waals surface area contributed by atoms with Crippen LogP contribution in [0.2, 0.25) is 0 Å². The Hall–Kier alpha value is 1.09. The van der Waals surface area contributed by atoms with Crippen molar-refractivity contribution in [3.8, 4) is 0 Å². The van der Waals surface area contributed by atoms with Gasteiger partial charge in [0.25, 0.3) is 0 Å². The summed E-state index contributed by atoms with van der Waals surface area (Å²) in [4.78, 5) is 0. The molecule has 0 spiro atoms. The Morgan fingerprint density at radius 1 is 0.750 bits per heavy atom. The zero-order valence-corrected chi connectivity index (χ0v) is 5.18. The largest absolute Gasteiger partial charge is 0.412 e. The molecule has 4 heavy (non-hydrogen) atoms. The Bertz CT molecular complexity index is 6.00. The first-order valence-corrected chi connectivity index (χ1v) is 0. The van der Waals surface area contributed by atoms with Gasteiger partial charge in [-0.1, -0.05) is 0 Å². The van der Waals surface area contributed by atoms with Gasteiger partial charge in [0.05, 0.1) is 0 Å². The monoisotopic (exact) mass is 162 g/mol. The van der Waals surface area contributed by atoms with Crippen LogP contribution in [0.3, 0.4) is 0 Å². The Morgan fingerprint density at radius 3 is 0.750 bits per heavy atom. The van der Waals surface area contributed by atoms with E-state index in [4.69, 9.17) is 0 Å². The molecule has 0 aliphatic carbocycles. The van der Waals surface area contributed by atoms with E-state index in [9.17, 15) is 0 Å². The Labute approximate surface area is 49.7 Å². The number of hydrogen-bond donors (Lipinski definition) is 0. The van der Waals surface area contributed by atoms with Crippen LogP contribution >= 0.6 is 12.4 Å². The summed E-state index contributed by atoms with van der Waals surface area (Å²) in [5.41, 5.74) is 0. The van der Waals surface area contributed by atoms with Crippen LogP contribution < -0.4 is 0 Å². The van der Waals surface area contributed by atoms with E-state index in [-0.39, 0.29) is 49.6 Å². The fourth-order valence-corrected chi connectivity index (χ4v) is 0. The molecule has 0 saturated heterocycles. The van der Waals surface area contributed by atoms with E-state index in [0.29, 0.717) is 0 Å². The molecule has 0 saturated carbocycles. The third kappa shape index (κ3) is 11.3. The van der Waals surface area contributed by atoms with Gasteiger partial charge in [0.1, 0.15) is 0 Å². The predicted octanol–water partition coefficient (Wildman–Crippen LogP) is -1.23. The first-order valence-electron chi connectivity index (χ1n) is 0. The summed E-state index contributed by atoms with van der Waals surface area (Å²) in [6, 6.07) is 0. The fraction of sp³-hybridized carbons (Fsp3) is 0. The summed E-state index contributed by atoms with van der Waals surface area (Å²) in [5, 5.41) is 0. The van der Waals surface area contributed by atoms with E-state index in [2.05, 4.69) is 0 Å². The van der Waals surface area contributed by atoms with Crippen molar-refractivity contribution in [1.29, 1.82) is 0 Å². The summed E-state index contributed by atoms with van der Waals surface area (Å²) < 4.78 is 0. The molecule has 4 N–H and O–H groups in total. The zero-order valence-electron chi connectivity index (χ0n) is 1.91. The molecule has 0 amide bonds. The van der Waals surface area contributed by atoms with Gasteiger partial charge in [0.2, 0.25) is 0 Å². The minimum atomic E-state index is 0. The second-order valence-electron chi connectivity index (χ2n) is 0. The van der Waals surface area contributed by atoms with Crippen LogP contribution in [-0.4, -0.2) is 11.0 Å². The topological polar surface area (TPSA) is 63.0 Å². The second-order valence-corrected chi connectivity index (χ2v) is 0. The molecule has 0 aliphatic heterocycles. The van der Waals surface area contributed by atoms with Gasteiger partial charge in [-0.05, 0) is 0 Å². The van der Waals surface area contributed by atoms with Crippen LogP contribution in [0.4, 0.5) is 0 Å². The van der Waals surface area contributed by atoms with Crippen molar-refractivity contribution >= 4 is 12.4 Å². The Balaban J connectivity index is 0. The third-order valence-corrected chi connectivity index (χ3v) is 0. The van der Waals surface area contributed by atoms with Gasteiger partial charge in [-0.2, -0.15) is 0 Å². The standard InChI is InChI=1S/ClH.2H2O.Zr/h1H;2*1H2;. The van der Waals surface area contributed by atoms with Crippen molar-refractivity contribution < 1.29 is 37.2 Å².